The molecule has 1 atom stereocenters. The fourth-order valence-electron chi connectivity index (χ4n) is 2.31. The van der Waals surface area contributed by atoms with Crippen LogP contribution in [0.25, 0.3) is 0 Å². The van der Waals surface area contributed by atoms with Gasteiger partial charge in [-0.1, -0.05) is 0 Å². The predicted molar refractivity (Wildman–Crippen MR) is 82.4 cm³/mol. The Kier molecular flexibility index (Phi) is 5.03. The summed E-state index contributed by atoms with van der Waals surface area (Å²) in [6.45, 7) is 0.795. The van der Waals surface area contributed by atoms with Crippen molar-refractivity contribution < 1.29 is 22.3 Å². The van der Waals surface area contributed by atoms with Crippen molar-refractivity contribution in [3.8, 4) is 5.88 Å². The van der Waals surface area contributed by atoms with Crippen molar-refractivity contribution >= 4 is 10.0 Å². The van der Waals surface area contributed by atoms with E-state index in [1.165, 1.54) is 35.0 Å². The van der Waals surface area contributed by atoms with Crippen LogP contribution in [0.5, 0.6) is 5.88 Å². The highest BCUT2D eigenvalue weighted by molar-refractivity contribution is 7.89. The van der Waals surface area contributed by atoms with Crippen LogP contribution in [0.3, 0.4) is 0 Å². The van der Waals surface area contributed by atoms with E-state index < -0.39 is 21.9 Å². The Labute approximate surface area is 139 Å². The molecule has 0 N–H and O–H groups in total. The first-order valence-electron chi connectivity index (χ1n) is 7.32. The first-order chi connectivity index (χ1) is 11.6. The van der Waals surface area contributed by atoms with E-state index in [-0.39, 0.29) is 31.2 Å². The number of halogens is 1. The third-order valence-electron chi connectivity index (χ3n) is 3.47. The molecule has 0 radical (unpaired) electrons. The van der Waals surface area contributed by atoms with Crippen LogP contribution in [0.15, 0.2) is 47.8 Å². The number of nitrogens with zero attached hydrogens (tertiary/aromatic N) is 3. The number of aromatic nitrogens is 2. The fourth-order valence-corrected chi connectivity index (χ4v) is 3.77. The normalized spacial score (nSPS) is 19.6. The van der Waals surface area contributed by atoms with Crippen molar-refractivity contribution in [2.45, 2.75) is 11.0 Å². The van der Waals surface area contributed by atoms with Gasteiger partial charge in [0.05, 0.1) is 30.9 Å². The van der Waals surface area contributed by atoms with Crippen molar-refractivity contribution in [3.63, 3.8) is 0 Å². The van der Waals surface area contributed by atoms with Crippen LogP contribution in [0.1, 0.15) is 0 Å². The van der Waals surface area contributed by atoms with E-state index in [4.69, 9.17) is 9.47 Å². The second kappa shape index (κ2) is 7.20. The molecule has 2 heterocycles. The molecule has 1 aromatic carbocycles. The Morgan fingerprint density at radius 2 is 2.04 bits per heavy atom. The van der Waals surface area contributed by atoms with Crippen LogP contribution in [0, 0.1) is 5.82 Å². The number of sulfonamides is 1. The standard InChI is InChI=1S/C15H16FN3O4S/c16-12-1-3-14(4-2-12)24(20,21)19-7-8-22-11-13(10-19)23-15-9-17-5-6-18-15/h1-6,9,13H,7-8,10-11H2/t13-/m1/s1. The second-order valence-corrected chi connectivity index (χ2v) is 7.11. The van der Waals surface area contributed by atoms with E-state index in [0.29, 0.717) is 5.88 Å². The maximum atomic E-state index is 13.0. The van der Waals surface area contributed by atoms with Crippen LogP contribution in [0.2, 0.25) is 0 Å². The molecule has 2 aromatic rings. The van der Waals surface area contributed by atoms with Gasteiger partial charge in [0.1, 0.15) is 11.9 Å². The quantitative estimate of drug-likeness (QED) is 0.818. The van der Waals surface area contributed by atoms with E-state index in [0.717, 1.165) is 12.1 Å². The van der Waals surface area contributed by atoms with Gasteiger partial charge in [-0.25, -0.2) is 17.8 Å². The summed E-state index contributed by atoms with van der Waals surface area (Å²) in [6.07, 6.45) is 3.94. The zero-order valence-corrected chi connectivity index (χ0v) is 13.5. The molecule has 3 rings (SSSR count). The second-order valence-electron chi connectivity index (χ2n) is 5.18. The van der Waals surface area contributed by atoms with Crippen LogP contribution < -0.4 is 4.74 Å². The van der Waals surface area contributed by atoms with Gasteiger partial charge in [0.2, 0.25) is 15.9 Å². The van der Waals surface area contributed by atoms with Crippen LogP contribution in [0.4, 0.5) is 4.39 Å². The van der Waals surface area contributed by atoms with Crippen LogP contribution in [-0.2, 0) is 14.8 Å². The van der Waals surface area contributed by atoms with E-state index in [2.05, 4.69) is 9.97 Å². The average Bonchev–Trinajstić information content (AvgIpc) is 2.82. The molecule has 1 aliphatic heterocycles. The van der Waals surface area contributed by atoms with E-state index in [1.54, 1.807) is 0 Å². The molecule has 1 saturated heterocycles. The number of hydrogen-bond acceptors (Lipinski definition) is 6. The Balaban J connectivity index is 1.78. The molecule has 0 bridgehead atoms. The lowest BCUT2D eigenvalue weighted by atomic mass is 10.3. The van der Waals surface area contributed by atoms with E-state index in [9.17, 15) is 12.8 Å². The van der Waals surface area contributed by atoms with Gasteiger partial charge in [-0.2, -0.15) is 4.31 Å². The number of benzene rings is 1. The SMILES string of the molecule is O=S(=O)(c1ccc(F)cc1)N1CCOC[C@H](Oc2cnccn2)C1. The molecule has 0 amide bonds. The molecule has 0 spiro atoms. The minimum atomic E-state index is -3.76. The summed E-state index contributed by atoms with van der Waals surface area (Å²) in [5.41, 5.74) is 0. The van der Waals surface area contributed by atoms with Crippen molar-refractivity contribution in [1.29, 1.82) is 0 Å². The van der Waals surface area contributed by atoms with Gasteiger partial charge in [0, 0.05) is 18.9 Å². The van der Waals surface area contributed by atoms with Gasteiger partial charge in [-0.3, -0.25) is 4.98 Å². The van der Waals surface area contributed by atoms with Gasteiger partial charge in [0.25, 0.3) is 0 Å². The number of ether oxygens (including phenoxy) is 2. The third kappa shape index (κ3) is 3.86. The summed E-state index contributed by atoms with van der Waals surface area (Å²) in [5.74, 6) is -0.191. The molecule has 9 heteroatoms. The molecule has 0 unspecified atom stereocenters. The molecule has 24 heavy (non-hydrogen) atoms. The lowest BCUT2D eigenvalue weighted by Gasteiger charge is -2.23. The lowest BCUT2D eigenvalue weighted by Crippen LogP contribution is -2.40. The highest BCUT2D eigenvalue weighted by Crippen LogP contribution is 2.19. The largest absolute Gasteiger partial charge is 0.469 e. The molecule has 0 saturated carbocycles. The predicted octanol–water partition coefficient (Wildman–Crippen LogP) is 1.08. The topological polar surface area (TPSA) is 81.6 Å². The lowest BCUT2D eigenvalue weighted by molar-refractivity contribution is 0.0694. The molecular weight excluding hydrogens is 337 g/mol. The highest BCUT2D eigenvalue weighted by atomic mass is 32.2. The minimum Gasteiger partial charge on any atom is -0.469 e. The smallest absolute Gasteiger partial charge is 0.243 e. The van der Waals surface area contributed by atoms with Crippen molar-refractivity contribution in [3.05, 3.63) is 48.7 Å². The summed E-state index contributed by atoms with van der Waals surface area (Å²) < 4.78 is 50.8. The molecule has 0 aliphatic carbocycles. The maximum Gasteiger partial charge on any atom is 0.243 e. The van der Waals surface area contributed by atoms with Crippen molar-refractivity contribution in [2.75, 3.05) is 26.3 Å². The van der Waals surface area contributed by atoms with E-state index >= 15 is 0 Å². The highest BCUT2D eigenvalue weighted by Gasteiger charge is 2.30. The Morgan fingerprint density at radius 1 is 1.25 bits per heavy atom. The third-order valence-corrected chi connectivity index (χ3v) is 5.35. The molecule has 1 aliphatic rings. The fraction of sp³-hybridized carbons (Fsp3) is 0.333. The number of rotatable bonds is 4. The van der Waals surface area contributed by atoms with Gasteiger partial charge in [-0.15, -0.1) is 0 Å². The van der Waals surface area contributed by atoms with Crippen molar-refractivity contribution in [1.82, 2.24) is 14.3 Å². The van der Waals surface area contributed by atoms with Gasteiger partial charge in [0.15, 0.2) is 0 Å². The maximum absolute atomic E-state index is 13.0. The number of hydrogen-bond donors (Lipinski definition) is 0. The van der Waals surface area contributed by atoms with E-state index in [1.807, 2.05) is 0 Å². The summed E-state index contributed by atoms with van der Waals surface area (Å²) in [4.78, 5) is 7.94. The summed E-state index contributed by atoms with van der Waals surface area (Å²) >= 11 is 0. The first-order valence-corrected chi connectivity index (χ1v) is 8.76. The first kappa shape index (κ1) is 16.7. The zero-order valence-electron chi connectivity index (χ0n) is 12.7. The van der Waals surface area contributed by atoms with Crippen molar-refractivity contribution in [2.24, 2.45) is 0 Å². The Bertz CT molecular complexity index is 771. The molecule has 1 aromatic heterocycles. The monoisotopic (exact) mass is 353 g/mol. The van der Waals surface area contributed by atoms with Crippen LogP contribution >= 0.6 is 0 Å². The minimum absolute atomic E-state index is 0.0315. The molecule has 128 valence electrons. The zero-order chi connectivity index (χ0) is 17.0. The van der Waals surface area contributed by atoms with Gasteiger partial charge < -0.3 is 9.47 Å². The summed E-state index contributed by atoms with van der Waals surface area (Å²) in [5, 5.41) is 0. The molecule has 1 fully saturated rings. The van der Waals surface area contributed by atoms with Gasteiger partial charge in [-0.05, 0) is 24.3 Å². The average molecular weight is 353 g/mol. The Hall–Kier alpha value is -2.10. The summed E-state index contributed by atoms with van der Waals surface area (Å²) in [6, 6.07) is 4.73. The molecule has 7 nitrogen and oxygen atoms in total. The summed E-state index contributed by atoms with van der Waals surface area (Å²) in [7, 11) is -3.76. The van der Waals surface area contributed by atoms with Gasteiger partial charge >= 0.3 is 0 Å². The van der Waals surface area contributed by atoms with Crippen LogP contribution in [-0.4, -0.2) is 55.1 Å². The molecular formula is C15H16FN3O4S. The Morgan fingerprint density at radius 3 is 2.75 bits per heavy atom.